The Morgan fingerprint density at radius 2 is 2.40 bits per heavy atom. The first-order valence-corrected chi connectivity index (χ1v) is 6.93. The molecule has 1 aromatic rings. The second-order valence-corrected chi connectivity index (χ2v) is 4.86. The summed E-state index contributed by atoms with van der Waals surface area (Å²) in [5.74, 6) is 1.12. The van der Waals surface area contributed by atoms with Crippen molar-refractivity contribution in [1.82, 2.24) is 15.0 Å². The summed E-state index contributed by atoms with van der Waals surface area (Å²) in [7, 11) is 1.39. The molecule has 20 heavy (non-hydrogen) atoms. The van der Waals surface area contributed by atoms with Gasteiger partial charge in [-0.2, -0.15) is 4.98 Å². The van der Waals surface area contributed by atoms with Crippen molar-refractivity contribution < 1.29 is 18.8 Å². The van der Waals surface area contributed by atoms with Crippen LogP contribution in [0.5, 0.6) is 0 Å². The number of hydrogen-bond acceptors (Lipinski definition) is 7. The minimum absolute atomic E-state index is 0.130. The van der Waals surface area contributed by atoms with E-state index in [-0.39, 0.29) is 18.5 Å². The fraction of sp³-hybridized carbons (Fsp3) is 0.769. The summed E-state index contributed by atoms with van der Waals surface area (Å²) in [4.78, 5) is 17.8. The Morgan fingerprint density at radius 1 is 1.55 bits per heavy atom. The molecule has 0 saturated carbocycles. The van der Waals surface area contributed by atoms with E-state index in [1.807, 2.05) is 0 Å². The van der Waals surface area contributed by atoms with Gasteiger partial charge in [-0.05, 0) is 6.42 Å². The summed E-state index contributed by atoms with van der Waals surface area (Å²) >= 11 is 0. The number of aryl methyl sites for hydroxylation is 1. The summed E-state index contributed by atoms with van der Waals surface area (Å²) in [6.45, 7) is 4.73. The highest BCUT2D eigenvalue weighted by atomic mass is 16.5. The van der Waals surface area contributed by atoms with Crippen molar-refractivity contribution in [2.24, 2.45) is 0 Å². The van der Waals surface area contributed by atoms with Crippen LogP contribution in [-0.2, 0) is 27.2 Å². The summed E-state index contributed by atoms with van der Waals surface area (Å²) < 4.78 is 15.4. The van der Waals surface area contributed by atoms with Crippen molar-refractivity contribution in [3.63, 3.8) is 0 Å². The molecule has 1 unspecified atom stereocenters. The molecule has 7 heteroatoms. The molecule has 1 fully saturated rings. The Balaban J connectivity index is 1.83. The van der Waals surface area contributed by atoms with E-state index in [2.05, 4.69) is 26.7 Å². The number of esters is 1. The van der Waals surface area contributed by atoms with Gasteiger partial charge in [-0.25, -0.2) is 0 Å². The van der Waals surface area contributed by atoms with Crippen LogP contribution in [0.4, 0.5) is 0 Å². The Kier molecular flexibility index (Phi) is 5.49. The van der Waals surface area contributed by atoms with Gasteiger partial charge < -0.3 is 14.0 Å². The van der Waals surface area contributed by atoms with Crippen molar-refractivity contribution in [2.75, 3.05) is 26.8 Å². The van der Waals surface area contributed by atoms with Crippen molar-refractivity contribution in [2.45, 2.75) is 38.8 Å². The lowest BCUT2D eigenvalue weighted by molar-refractivity contribution is -0.145. The van der Waals surface area contributed by atoms with Gasteiger partial charge in [0.1, 0.15) is 0 Å². The molecular formula is C13H21N3O4. The maximum Gasteiger partial charge on any atom is 0.308 e. The van der Waals surface area contributed by atoms with Crippen LogP contribution in [-0.4, -0.2) is 53.9 Å². The van der Waals surface area contributed by atoms with Crippen LogP contribution >= 0.6 is 0 Å². The molecule has 1 aromatic heterocycles. The van der Waals surface area contributed by atoms with Gasteiger partial charge in [0.15, 0.2) is 5.82 Å². The van der Waals surface area contributed by atoms with Gasteiger partial charge in [0.2, 0.25) is 5.89 Å². The third-order valence-electron chi connectivity index (χ3n) is 3.19. The van der Waals surface area contributed by atoms with E-state index in [1.54, 1.807) is 0 Å². The molecule has 1 atom stereocenters. The molecule has 2 rings (SSSR count). The molecule has 1 aliphatic rings. The highest BCUT2D eigenvalue weighted by molar-refractivity contribution is 5.69. The van der Waals surface area contributed by atoms with Gasteiger partial charge >= 0.3 is 5.97 Å². The molecular weight excluding hydrogens is 262 g/mol. The number of methoxy groups -OCH3 is 1. The summed E-state index contributed by atoms with van der Waals surface area (Å²) in [6, 6.07) is 0. The van der Waals surface area contributed by atoms with Crippen LogP contribution in [0.25, 0.3) is 0 Å². The average molecular weight is 283 g/mol. The third kappa shape index (κ3) is 4.28. The normalized spacial score (nSPS) is 20.0. The number of ether oxygens (including phenoxy) is 2. The van der Waals surface area contributed by atoms with Crippen molar-refractivity contribution in [3.8, 4) is 0 Å². The largest absolute Gasteiger partial charge is 0.469 e. The number of aromatic nitrogens is 2. The average Bonchev–Trinajstić information content (AvgIpc) is 2.87. The number of rotatable bonds is 6. The zero-order valence-electron chi connectivity index (χ0n) is 12.0. The lowest BCUT2D eigenvalue weighted by atomic mass is 10.2. The van der Waals surface area contributed by atoms with Gasteiger partial charge in [-0.1, -0.05) is 12.1 Å². The molecule has 0 aliphatic carbocycles. The molecule has 0 N–H and O–H groups in total. The minimum atomic E-state index is -0.250. The summed E-state index contributed by atoms with van der Waals surface area (Å²) in [5, 5.41) is 3.93. The first-order valence-electron chi connectivity index (χ1n) is 6.93. The van der Waals surface area contributed by atoms with Gasteiger partial charge in [0.25, 0.3) is 0 Å². The molecule has 0 bridgehead atoms. The predicted octanol–water partition coefficient (Wildman–Crippen LogP) is 0.786. The number of carbonyl (C=O) groups is 1. The molecule has 1 saturated heterocycles. The number of carbonyl (C=O) groups excluding carboxylic acids is 1. The molecule has 2 heterocycles. The summed E-state index contributed by atoms with van der Waals surface area (Å²) in [5.41, 5.74) is 0. The first-order chi connectivity index (χ1) is 9.71. The Labute approximate surface area is 118 Å². The third-order valence-corrected chi connectivity index (χ3v) is 3.19. The number of morpholine rings is 1. The Hall–Kier alpha value is -1.47. The van der Waals surface area contributed by atoms with Crippen LogP contribution in [0.15, 0.2) is 4.52 Å². The zero-order valence-corrected chi connectivity index (χ0v) is 12.0. The van der Waals surface area contributed by atoms with Crippen molar-refractivity contribution in [3.05, 3.63) is 11.7 Å². The van der Waals surface area contributed by atoms with E-state index in [1.165, 1.54) is 7.11 Å². The fourth-order valence-electron chi connectivity index (χ4n) is 2.19. The van der Waals surface area contributed by atoms with E-state index in [0.717, 1.165) is 25.2 Å². The van der Waals surface area contributed by atoms with Gasteiger partial charge in [-0.3, -0.25) is 9.69 Å². The number of nitrogens with zero attached hydrogens (tertiary/aromatic N) is 3. The van der Waals surface area contributed by atoms with Crippen LogP contribution < -0.4 is 0 Å². The molecule has 7 nitrogen and oxygen atoms in total. The summed E-state index contributed by atoms with van der Waals surface area (Å²) in [6.07, 6.45) is 1.97. The highest BCUT2D eigenvalue weighted by Crippen LogP contribution is 2.12. The van der Waals surface area contributed by atoms with E-state index >= 15 is 0 Å². The maximum atomic E-state index is 11.3. The molecule has 0 aromatic carbocycles. The SMILES string of the molecule is CCCc1noc(CN2CCOC(CC(=O)OC)C2)n1. The minimum Gasteiger partial charge on any atom is -0.469 e. The van der Waals surface area contributed by atoms with Crippen LogP contribution in [0.2, 0.25) is 0 Å². The monoisotopic (exact) mass is 283 g/mol. The topological polar surface area (TPSA) is 77.7 Å². The number of hydrogen-bond donors (Lipinski definition) is 0. The van der Waals surface area contributed by atoms with Crippen LogP contribution in [0, 0.1) is 0 Å². The van der Waals surface area contributed by atoms with Crippen molar-refractivity contribution >= 4 is 5.97 Å². The first kappa shape index (κ1) is 14.9. The smallest absolute Gasteiger partial charge is 0.308 e. The lowest BCUT2D eigenvalue weighted by Crippen LogP contribution is -2.42. The van der Waals surface area contributed by atoms with Crippen molar-refractivity contribution in [1.29, 1.82) is 0 Å². The predicted molar refractivity (Wildman–Crippen MR) is 69.9 cm³/mol. The molecule has 1 aliphatic heterocycles. The van der Waals surface area contributed by atoms with E-state index < -0.39 is 0 Å². The Morgan fingerprint density at radius 3 is 3.15 bits per heavy atom. The van der Waals surface area contributed by atoms with Gasteiger partial charge in [0, 0.05) is 19.5 Å². The zero-order chi connectivity index (χ0) is 14.4. The second kappa shape index (κ2) is 7.35. The van der Waals surface area contributed by atoms with Crippen LogP contribution in [0.1, 0.15) is 31.5 Å². The maximum absolute atomic E-state index is 11.3. The molecule has 0 radical (unpaired) electrons. The van der Waals surface area contributed by atoms with E-state index in [9.17, 15) is 4.79 Å². The van der Waals surface area contributed by atoms with Crippen LogP contribution in [0.3, 0.4) is 0 Å². The molecule has 112 valence electrons. The second-order valence-electron chi connectivity index (χ2n) is 4.86. The fourth-order valence-corrected chi connectivity index (χ4v) is 2.19. The molecule has 0 spiro atoms. The molecule has 0 amide bonds. The van der Waals surface area contributed by atoms with Gasteiger partial charge in [0.05, 0.1) is 32.8 Å². The quantitative estimate of drug-likeness (QED) is 0.714. The van der Waals surface area contributed by atoms with E-state index in [0.29, 0.717) is 25.6 Å². The Bertz CT molecular complexity index is 435. The van der Waals surface area contributed by atoms with E-state index in [4.69, 9.17) is 9.26 Å². The highest BCUT2D eigenvalue weighted by Gasteiger charge is 2.24. The van der Waals surface area contributed by atoms with Gasteiger partial charge in [-0.15, -0.1) is 0 Å². The lowest BCUT2D eigenvalue weighted by Gasteiger charge is -2.31. The standard InChI is InChI=1S/C13H21N3O4/c1-3-4-11-14-12(20-15-11)9-16-5-6-19-10(8-16)7-13(17)18-2/h10H,3-9H2,1-2H3.